The third-order valence-electron chi connectivity index (χ3n) is 8.71. The number of fused-ring (bicyclic) bond motifs is 3. The lowest BCUT2D eigenvalue weighted by Crippen LogP contribution is -2.74. The lowest BCUT2D eigenvalue weighted by Gasteiger charge is -2.34. The van der Waals surface area contributed by atoms with E-state index in [9.17, 15) is 0 Å². The number of hydrogen-bond donors (Lipinski definition) is 0. The number of para-hydroxylation sites is 2. The van der Waals surface area contributed by atoms with Crippen LogP contribution >= 0.6 is 11.6 Å². The lowest BCUT2D eigenvalue weighted by molar-refractivity contribution is 1.04. The first-order valence-electron chi connectivity index (χ1n) is 15.0. The van der Waals surface area contributed by atoms with Crippen LogP contribution in [-0.4, -0.2) is 22.6 Å². The zero-order chi connectivity index (χ0) is 30.2. The van der Waals surface area contributed by atoms with Gasteiger partial charge in [0.2, 0.25) is 5.28 Å². The summed E-state index contributed by atoms with van der Waals surface area (Å²) in [5.74, 6) is 0.741. The Balaban J connectivity index is 1.37. The van der Waals surface area contributed by atoms with Crippen LogP contribution in [0, 0.1) is 0 Å². The molecule has 2 heterocycles. The van der Waals surface area contributed by atoms with E-state index in [1.807, 2.05) is 0 Å². The fourth-order valence-electron chi connectivity index (χ4n) is 6.81. The largest absolute Gasteiger partial charge is 0.294 e. The normalized spacial score (nSPS) is 11.7. The van der Waals surface area contributed by atoms with Crippen molar-refractivity contribution in [3.05, 3.63) is 175 Å². The summed E-state index contributed by atoms with van der Waals surface area (Å²) < 4.78 is 2.18. The summed E-state index contributed by atoms with van der Waals surface area (Å²) in [6, 6.07) is 60.6. The van der Waals surface area contributed by atoms with Gasteiger partial charge < -0.3 is 0 Å². The van der Waals surface area contributed by atoms with Crippen LogP contribution in [0.3, 0.4) is 0 Å². The Hall–Kier alpha value is -5.29. The van der Waals surface area contributed by atoms with Crippen molar-refractivity contribution >= 4 is 62.2 Å². The number of halogens is 1. The molecule has 3 nitrogen and oxygen atoms in total. The topological polar surface area (TPSA) is 30.7 Å². The van der Waals surface area contributed by atoms with Crippen molar-refractivity contribution in [3.63, 3.8) is 0 Å². The molecule has 8 aromatic rings. The summed E-state index contributed by atoms with van der Waals surface area (Å²) in [6.45, 7) is 0. The molecule has 45 heavy (non-hydrogen) atoms. The van der Waals surface area contributed by atoms with Crippen molar-refractivity contribution in [3.8, 4) is 17.1 Å². The molecular formula is C40H28ClN3Si. The molecule has 0 spiro atoms. The Bertz CT molecular complexity index is 2130. The summed E-state index contributed by atoms with van der Waals surface area (Å²) in [5, 5.41) is 7.82. The Labute approximate surface area is 268 Å². The van der Waals surface area contributed by atoms with E-state index in [1.54, 1.807) is 0 Å². The molecule has 0 aliphatic rings. The minimum atomic E-state index is -2.70. The van der Waals surface area contributed by atoms with E-state index in [-0.39, 0.29) is 5.28 Å². The molecule has 5 heteroatoms. The first kappa shape index (κ1) is 27.3. The molecule has 0 bridgehead atoms. The summed E-state index contributed by atoms with van der Waals surface area (Å²) in [6.07, 6.45) is 0. The van der Waals surface area contributed by atoms with E-state index in [0.29, 0.717) is 0 Å². The van der Waals surface area contributed by atoms with Gasteiger partial charge >= 0.3 is 0 Å². The van der Waals surface area contributed by atoms with Gasteiger partial charge in [0.1, 0.15) is 5.82 Å². The molecule has 0 saturated carbocycles. The standard InChI is InChI=1S/C40H28ClN3Si/c41-40-42-36(28-39(43-40)44-37-25-12-10-23-34(37)35-24-11-13-26-38(35)44)29-15-14-22-33(27-29)45(30-16-4-1-5-17-30,31-18-6-2-7-19-31)32-20-8-3-9-21-32/h1-28H. The van der Waals surface area contributed by atoms with Crippen molar-refractivity contribution in [1.82, 2.24) is 14.5 Å². The third kappa shape index (κ3) is 4.58. The van der Waals surface area contributed by atoms with Crippen LogP contribution < -0.4 is 20.7 Å². The number of hydrogen-bond acceptors (Lipinski definition) is 2. The summed E-state index contributed by atoms with van der Waals surface area (Å²) >= 11 is 6.71. The van der Waals surface area contributed by atoms with E-state index in [4.69, 9.17) is 21.6 Å². The molecule has 0 atom stereocenters. The maximum atomic E-state index is 6.71. The van der Waals surface area contributed by atoms with Gasteiger partial charge in [0, 0.05) is 22.4 Å². The Kier molecular flexibility index (Phi) is 6.86. The molecule has 2 aromatic heterocycles. The first-order valence-corrected chi connectivity index (χ1v) is 17.4. The molecule has 0 saturated heterocycles. The molecule has 0 unspecified atom stereocenters. The molecule has 6 aromatic carbocycles. The molecule has 0 amide bonds. The van der Waals surface area contributed by atoms with E-state index in [0.717, 1.165) is 28.1 Å². The van der Waals surface area contributed by atoms with Gasteiger partial charge in [0.15, 0.2) is 8.07 Å². The van der Waals surface area contributed by atoms with Crippen LogP contribution in [0.4, 0.5) is 0 Å². The quantitative estimate of drug-likeness (QED) is 0.112. The summed E-state index contributed by atoms with van der Waals surface area (Å²) in [7, 11) is -2.70. The van der Waals surface area contributed by atoms with Crippen LogP contribution in [0.5, 0.6) is 0 Å². The minimum Gasteiger partial charge on any atom is -0.294 e. The van der Waals surface area contributed by atoms with E-state index >= 15 is 0 Å². The average Bonchev–Trinajstić information content (AvgIpc) is 3.45. The molecule has 8 rings (SSSR count). The fourth-order valence-corrected chi connectivity index (χ4v) is 11.8. The van der Waals surface area contributed by atoms with Gasteiger partial charge in [-0.2, -0.15) is 4.98 Å². The monoisotopic (exact) mass is 613 g/mol. The smallest absolute Gasteiger partial charge is 0.224 e. The highest BCUT2D eigenvalue weighted by atomic mass is 35.5. The highest BCUT2D eigenvalue weighted by molar-refractivity contribution is 7.19. The molecule has 214 valence electrons. The maximum absolute atomic E-state index is 6.71. The Morgan fingerprint density at radius 1 is 0.444 bits per heavy atom. The second-order valence-corrected chi connectivity index (χ2v) is 15.3. The maximum Gasteiger partial charge on any atom is 0.224 e. The third-order valence-corrected chi connectivity index (χ3v) is 13.7. The minimum absolute atomic E-state index is 0.215. The number of nitrogens with zero attached hydrogens (tertiary/aromatic N) is 3. The van der Waals surface area contributed by atoms with Crippen molar-refractivity contribution in [2.75, 3.05) is 0 Å². The van der Waals surface area contributed by atoms with Crippen molar-refractivity contribution in [1.29, 1.82) is 0 Å². The average molecular weight is 614 g/mol. The van der Waals surface area contributed by atoms with Gasteiger partial charge in [0.25, 0.3) is 0 Å². The molecule has 0 N–H and O–H groups in total. The van der Waals surface area contributed by atoms with Crippen molar-refractivity contribution in [2.24, 2.45) is 0 Å². The van der Waals surface area contributed by atoms with Gasteiger partial charge in [-0.15, -0.1) is 0 Å². The predicted octanol–water partition coefficient (Wildman–Crippen LogP) is 7.27. The Morgan fingerprint density at radius 2 is 0.911 bits per heavy atom. The second kappa shape index (κ2) is 11.3. The van der Waals surface area contributed by atoms with Gasteiger partial charge in [-0.3, -0.25) is 4.57 Å². The highest BCUT2D eigenvalue weighted by Crippen LogP contribution is 2.32. The molecule has 0 radical (unpaired) electrons. The van der Waals surface area contributed by atoms with Crippen LogP contribution in [0.2, 0.25) is 5.28 Å². The zero-order valence-corrected chi connectivity index (χ0v) is 26.1. The second-order valence-electron chi connectivity index (χ2n) is 11.2. The molecule has 0 aliphatic carbocycles. The van der Waals surface area contributed by atoms with E-state index in [2.05, 4.69) is 174 Å². The van der Waals surface area contributed by atoms with Gasteiger partial charge in [-0.05, 0) is 44.5 Å². The number of benzene rings is 6. The van der Waals surface area contributed by atoms with Crippen LogP contribution in [-0.2, 0) is 0 Å². The van der Waals surface area contributed by atoms with E-state index < -0.39 is 8.07 Å². The predicted molar refractivity (Wildman–Crippen MR) is 190 cm³/mol. The number of aromatic nitrogens is 3. The Morgan fingerprint density at radius 3 is 1.44 bits per heavy atom. The molecular weight excluding hydrogens is 586 g/mol. The van der Waals surface area contributed by atoms with Crippen LogP contribution in [0.15, 0.2) is 170 Å². The zero-order valence-electron chi connectivity index (χ0n) is 24.4. The SMILES string of the molecule is Clc1nc(-c2cccc([Si](c3ccccc3)(c3ccccc3)c3ccccc3)c2)cc(-n2c3ccccc3c3ccccc32)n1. The highest BCUT2D eigenvalue weighted by Gasteiger charge is 2.41. The first-order chi connectivity index (χ1) is 22.2. The lowest BCUT2D eigenvalue weighted by atomic mass is 10.1. The molecule has 0 aliphatic heterocycles. The van der Waals surface area contributed by atoms with Gasteiger partial charge in [-0.1, -0.05) is 152 Å². The van der Waals surface area contributed by atoms with Crippen LogP contribution in [0.1, 0.15) is 0 Å². The van der Waals surface area contributed by atoms with Crippen molar-refractivity contribution in [2.45, 2.75) is 0 Å². The van der Waals surface area contributed by atoms with E-state index in [1.165, 1.54) is 31.5 Å². The molecule has 0 fully saturated rings. The number of rotatable bonds is 6. The van der Waals surface area contributed by atoms with Crippen LogP contribution in [0.25, 0.3) is 38.9 Å². The fraction of sp³-hybridized carbons (Fsp3) is 0. The van der Waals surface area contributed by atoms with Crippen molar-refractivity contribution < 1.29 is 0 Å². The summed E-state index contributed by atoms with van der Waals surface area (Å²) in [4.78, 5) is 9.51. The summed E-state index contributed by atoms with van der Waals surface area (Å²) in [5.41, 5.74) is 3.94. The van der Waals surface area contributed by atoms with Gasteiger partial charge in [0.05, 0.1) is 16.7 Å². The van der Waals surface area contributed by atoms with Gasteiger partial charge in [-0.25, -0.2) is 4.98 Å².